The number of nitrogens with zero attached hydrogens (tertiary/aromatic N) is 2. The molecule has 1 N–H and O–H groups in total. The average Bonchev–Trinajstić information content (AvgIpc) is 2.54. The van der Waals surface area contributed by atoms with Gasteiger partial charge in [-0.25, -0.2) is 0 Å². The summed E-state index contributed by atoms with van der Waals surface area (Å²) in [6.45, 7) is 0.887. The molecule has 1 aliphatic heterocycles. The molecule has 21 heavy (non-hydrogen) atoms. The van der Waals surface area contributed by atoms with Crippen molar-refractivity contribution in [2.75, 3.05) is 18.7 Å². The summed E-state index contributed by atoms with van der Waals surface area (Å²) in [6, 6.07) is 13.7. The molecule has 1 aliphatic rings. The molecule has 2 aromatic rings. The molecule has 0 unspecified atom stereocenters. The number of hydrogen-bond acceptors (Lipinski definition) is 4. The summed E-state index contributed by atoms with van der Waals surface area (Å²) >= 11 is 0. The number of benzene rings is 2. The highest BCUT2D eigenvalue weighted by atomic mass is 16.5. The van der Waals surface area contributed by atoms with E-state index in [-0.39, 0.29) is 5.75 Å². The monoisotopic (exact) mass is 282 g/mol. The number of methoxy groups -OCH3 is 1. The number of phenols is 1. The SMILES string of the molecule is COc1cccc(/C=N/N2CCCc3ccccc32)c1O. The van der Waals surface area contributed by atoms with Gasteiger partial charge >= 0.3 is 0 Å². The second-order valence-corrected chi connectivity index (χ2v) is 5.00. The number of phenolic OH excluding ortho intramolecular Hbond substituents is 1. The topological polar surface area (TPSA) is 45.1 Å². The molecule has 0 saturated heterocycles. The number of aromatic hydroxyl groups is 1. The summed E-state index contributed by atoms with van der Waals surface area (Å²) in [5, 5.41) is 16.6. The summed E-state index contributed by atoms with van der Waals surface area (Å²) < 4.78 is 5.11. The molecule has 108 valence electrons. The predicted molar refractivity (Wildman–Crippen MR) is 84.4 cm³/mol. The van der Waals surface area contributed by atoms with Crippen molar-refractivity contribution in [3.05, 3.63) is 53.6 Å². The third-order valence-corrected chi connectivity index (χ3v) is 3.67. The maximum Gasteiger partial charge on any atom is 0.166 e. The molecule has 0 aromatic heterocycles. The Balaban J connectivity index is 1.88. The zero-order chi connectivity index (χ0) is 14.7. The van der Waals surface area contributed by atoms with Crippen LogP contribution in [0.15, 0.2) is 47.6 Å². The lowest BCUT2D eigenvalue weighted by Crippen LogP contribution is -2.24. The Labute approximate surface area is 124 Å². The van der Waals surface area contributed by atoms with Crippen molar-refractivity contribution in [1.82, 2.24) is 0 Å². The van der Waals surface area contributed by atoms with Gasteiger partial charge in [0.25, 0.3) is 0 Å². The summed E-state index contributed by atoms with van der Waals surface area (Å²) in [5.41, 5.74) is 3.11. The van der Waals surface area contributed by atoms with E-state index in [0.717, 1.165) is 25.1 Å². The van der Waals surface area contributed by atoms with Gasteiger partial charge in [0.2, 0.25) is 0 Å². The van der Waals surface area contributed by atoms with Crippen LogP contribution in [0, 0.1) is 0 Å². The number of ether oxygens (including phenoxy) is 1. The maximum absolute atomic E-state index is 10.1. The molecule has 0 radical (unpaired) electrons. The zero-order valence-electron chi connectivity index (χ0n) is 12.0. The Morgan fingerprint density at radius 3 is 2.90 bits per heavy atom. The molecule has 0 bridgehead atoms. The number of hydrogen-bond donors (Lipinski definition) is 1. The van der Waals surface area contributed by atoms with Crippen LogP contribution in [0.1, 0.15) is 17.5 Å². The summed E-state index contributed by atoms with van der Waals surface area (Å²) in [7, 11) is 1.54. The normalized spacial score (nSPS) is 14.2. The van der Waals surface area contributed by atoms with Gasteiger partial charge in [0.15, 0.2) is 11.5 Å². The van der Waals surface area contributed by atoms with Gasteiger partial charge in [0.1, 0.15) is 0 Å². The average molecular weight is 282 g/mol. The Morgan fingerprint density at radius 2 is 2.05 bits per heavy atom. The van der Waals surface area contributed by atoms with E-state index < -0.39 is 0 Å². The number of para-hydroxylation sites is 2. The molecular formula is C17H18N2O2. The van der Waals surface area contributed by atoms with E-state index in [1.807, 2.05) is 23.2 Å². The highest BCUT2D eigenvalue weighted by Gasteiger charge is 2.15. The van der Waals surface area contributed by atoms with E-state index in [0.29, 0.717) is 11.3 Å². The van der Waals surface area contributed by atoms with Crippen LogP contribution in [0.2, 0.25) is 0 Å². The van der Waals surface area contributed by atoms with Crippen LogP contribution < -0.4 is 9.75 Å². The maximum atomic E-state index is 10.1. The first kappa shape index (κ1) is 13.5. The number of anilines is 1. The van der Waals surface area contributed by atoms with Gasteiger partial charge in [-0.3, -0.25) is 5.01 Å². The fourth-order valence-corrected chi connectivity index (χ4v) is 2.57. The molecule has 1 heterocycles. The second-order valence-electron chi connectivity index (χ2n) is 5.00. The quantitative estimate of drug-likeness (QED) is 0.879. The molecule has 4 heteroatoms. The van der Waals surface area contributed by atoms with Gasteiger partial charge in [-0.05, 0) is 36.6 Å². The lowest BCUT2D eigenvalue weighted by Gasteiger charge is -2.26. The Morgan fingerprint density at radius 1 is 1.19 bits per heavy atom. The fourth-order valence-electron chi connectivity index (χ4n) is 2.57. The van der Waals surface area contributed by atoms with Crippen molar-refractivity contribution >= 4 is 11.9 Å². The number of hydrazone groups is 1. The van der Waals surface area contributed by atoms with E-state index >= 15 is 0 Å². The van der Waals surface area contributed by atoms with Crippen LogP contribution in [-0.2, 0) is 6.42 Å². The van der Waals surface area contributed by atoms with Crippen LogP contribution >= 0.6 is 0 Å². The fraction of sp³-hybridized carbons (Fsp3) is 0.235. The molecule has 0 amide bonds. The van der Waals surface area contributed by atoms with Crippen LogP contribution in [0.3, 0.4) is 0 Å². The van der Waals surface area contributed by atoms with E-state index in [4.69, 9.17) is 4.74 Å². The first-order valence-corrected chi connectivity index (χ1v) is 7.05. The van der Waals surface area contributed by atoms with Crippen molar-refractivity contribution in [1.29, 1.82) is 0 Å². The van der Waals surface area contributed by atoms with Gasteiger partial charge in [-0.1, -0.05) is 24.3 Å². The molecule has 0 aliphatic carbocycles. The Hall–Kier alpha value is -2.49. The standard InChI is InChI=1S/C17H18N2O2/c1-21-16-10-4-7-14(17(16)20)12-18-19-11-5-8-13-6-2-3-9-15(13)19/h2-4,6-7,9-10,12,20H,5,8,11H2,1H3/b18-12+. The van der Waals surface area contributed by atoms with Crippen molar-refractivity contribution in [3.8, 4) is 11.5 Å². The minimum atomic E-state index is 0.119. The smallest absolute Gasteiger partial charge is 0.166 e. The lowest BCUT2D eigenvalue weighted by molar-refractivity contribution is 0.373. The van der Waals surface area contributed by atoms with Gasteiger partial charge in [0.05, 0.1) is 19.0 Å². The zero-order valence-corrected chi connectivity index (χ0v) is 12.0. The van der Waals surface area contributed by atoms with Crippen molar-refractivity contribution in [3.63, 3.8) is 0 Å². The van der Waals surface area contributed by atoms with Crippen LogP contribution in [-0.4, -0.2) is 25.0 Å². The van der Waals surface area contributed by atoms with Gasteiger partial charge < -0.3 is 9.84 Å². The third kappa shape index (κ3) is 2.70. The van der Waals surface area contributed by atoms with Crippen LogP contribution in [0.4, 0.5) is 5.69 Å². The third-order valence-electron chi connectivity index (χ3n) is 3.67. The van der Waals surface area contributed by atoms with Crippen molar-refractivity contribution in [2.24, 2.45) is 5.10 Å². The van der Waals surface area contributed by atoms with Crippen LogP contribution in [0.25, 0.3) is 0 Å². The van der Waals surface area contributed by atoms with E-state index in [2.05, 4.69) is 23.3 Å². The molecule has 0 saturated carbocycles. The molecule has 0 spiro atoms. The molecule has 4 nitrogen and oxygen atoms in total. The largest absolute Gasteiger partial charge is 0.504 e. The molecular weight excluding hydrogens is 264 g/mol. The van der Waals surface area contributed by atoms with Gasteiger partial charge in [0, 0.05) is 12.1 Å². The summed E-state index contributed by atoms with van der Waals surface area (Å²) in [4.78, 5) is 0. The Bertz CT molecular complexity index is 668. The number of aryl methyl sites for hydroxylation is 1. The van der Waals surface area contributed by atoms with Gasteiger partial charge in [-0.2, -0.15) is 5.10 Å². The molecule has 0 atom stereocenters. The first-order chi connectivity index (χ1) is 10.3. The van der Waals surface area contributed by atoms with E-state index in [1.165, 1.54) is 12.7 Å². The van der Waals surface area contributed by atoms with Gasteiger partial charge in [-0.15, -0.1) is 0 Å². The summed E-state index contributed by atoms with van der Waals surface area (Å²) in [5.74, 6) is 0.576. The second kappa shape index (κ2) is 5.87. The summed E-state index contributed by atoms with van der Waals surface area (Å²) in [6.07, 6.45) is 3.85. The van der Waals surface area contributed by atoms with E-state index in [1.54, 1.807) is 12.3 Å². The number of fused-ring (bicyclic) bond motifs is 1. The minimum Gasteiger partial charge on any atom is -0.504 e. The first-order valence-electron chi connectivity index (χ1n) is 7.05. The number of rotatable bonds is 3. The predicted octanol–water partition coefficient (Wildman–Crippen LogP) is 3.19. The Kier molecular flexibility index (Phi) is 3.77. The van der Waals surface area contributed by atoms with Crippen molar-refractivity contribution in [2.45, 2.75) is 12.8 Å². The molecule has 3 rings (SSSR count). The van der Waals surface area contributed by atoms with Crippen LogP contribution in [0.5, 0.6) is 11.5 Å². The van der Waals surface area contributed by atoms with E-state index in [9.17, 15) is 5.11 Å². The molecule has 0 fully saturated rings. The molecule has 2 aromatic carbocycles. The lowest BCUT2D eigenvalue weighted by atomic mass is 10.0. The highest BCUT2D eigenvalue weighted by molar-refractivity contribution is 5.85. The highest BCUT2D eigenvalue weighted by Crippen LogP contribution is 2.29. The van der Waals surface area contributed by atoms with Crippen molar-refractivity contribution < 1.29 is 9.84 Å². The minimum absolute atomic E-state index is 0.119.